The van der Waals surface area contributed by atoms with E-state index in [1.54, 1.807) is 6.07 Å². The molecule has 18 heavy (non-hydrogen) atoms. The Morgan fingerprint density at radius 1 is 1.11 bits per heavy atom. The van der Waals surface area contributed by atoms with E-state index >= 15 is 0 Å². The van der Waals surface area contributed by atoms with Gasteiger partial charge < -0.3 is 9.67 Å². The van der Waals surface area contributed by atoms with Gasteiger partial charge in [0.15, 0.2) is 5.75 Å². The molecule has 0 fully saturated rings. The Morgan fingerprint density at radius 2 is 1.78 bits per heavy atom. The van der Waals surface area contributed by atoms with Gasteiger partial charge in [-0.15, -0.1) is 0 Å². The summed E-state index contributed by atoms with van der Waals surface area (Å²) in [6.45, 7) is 4.82. The van der Waals surface area contributed by atoms with E-state index in [1.807, 2.05) is 17.7 Å². The molecular weight excluding hydrogens is 242 g/mol. The Bertz CT molecular complexity index is 599. The Kier molecular flexibility index (Phi) is 3.82. The maximum absolute atomic E-state index is 9.80. The summed E-state index contributed by atoms with van der Waals surface area (Å²) in [6, 6.07) is 10.3. The molecule has 0 unspecified atom stereocenters. The molecule has 0 saturated carbocycles. The van der Waals surface area contributed by atoms with Crippen LogP contribution in [-0.4, -0.2) is 9.67 Å². The highest BCUT2D eigenvalue weighted by Gasteiger charge is 2.03. The number of hydrogen-bond acceptors (Lipinski definition) is 2. The van der Waals surface area contributed by atoms with Crippen LogP contribution in [0.5, 0.6) is 5.75 Å². The molecule has 1 heterocycles. The van der Waals surface area contributed by atoms with E-state index in [0.29, 0.717) is 4.51 Å². The van der Waals surface area contributed by atoms with E-state index in [9.17, 15) is 5.11 Å². The second kappa shape index (κ2) is 5.36. The second-order valence-electron chi connectivity index (χ2n) is 4.54. The van der Waals surface area contributed by atoms with E-state index in [1.165, 1.54) is 11.1 Å². The second-order valence-corrected chi connectivity index (χ2v) is 4.98. The van der Waals surface area contributed by atoms with Crippen LogP contribution in [0.2, 0.25) is 0 Å². The first-order valence-electron chi connectivity index (χ1n) is 6.02. The average molecular weight is 259 g/mol. The molecule has 0 radical (unpaired) electrons. The summed E-state index contributed by atoms with van der Waals surface area (Å²) in [5, 5.41) is 9.80. The molecule has 2 nitrogen and oxygen atoms in total. The quantitative estimate of drug-likeness (QED) is 0.849. The van der Waals surface area contributed by atoms with Crippen molar-refractivity contribution in [2.45, 2.75) is 26.8 Å². The first-order valence-corrected chi connectivity index (χ1v) is 6.43. The summed E-state index contributed by atoms with van der Waals surface area (Å²) in [7, 11) is 0. The van der Waals surface area contributed by atoms with Crippen LogP contribution < -0.4 is 0 Å². The van der Waals surface area contributed by atoms with Gasteiger partial charge in [0, 0.05) is 12.7 Å². The predicted molar refractivity (Wildman–Crippen MR) is 76.6 cm³/mol. The van der Waals surface area contributed by atoms with Gasteiger partial charge >= 0.3 is 0 Å². The molecule has 0 atom stereocenters. The third kappa shape index (κ3) is 2.79. The Morgan fingerprint density at radius 3 is 2.44 bits per heavy atom. The minimum atomic E-state index is 0.219. The fourth-order valence-electron chi connectivity index (χ4n) is 1.91. The molecule has 1 aromatic carbocycles. The van der Waals surface area contributed by atoms with Crippen molar-refractivity contribution in [3.05, 3.63) is 57.9 Å². The monoisotopic (exact) mass is 259 g/mol. The number of aromatic hydroxyl groups is 1. The lowest BCUT2D eigenvalue weighted by molar-refractivity contribution is 0.456. The van der Waals surface area contributed by atoms with Crippen LogP contribution in [0.1, 0.15) is 16.8 Å². The van der Waals surface area contributed by atoms with Crippen molar-refractivity contribution in [2.24, 2.45) is 0 Å². The van der Waals surface area contributed by atoms with Gasteiger partial charge in [0.25, 0.3) is 0 Å². The first kappa shape index (κ1) is 12.8. The molecule has 0 amide bonds. The molecular formula is C15H17NOS. The summed E-state index contributed by atoms with van der Waals surface area (Å²) in [4.78, 5) is 0. The van der Waals surface area contributed by atoms with Crippen molar-refractivity contribution in [3.63, 3.8) is 0 Å². The van der Waals surface area contributed by atoms with Crippen molar-refractivity contribution in [1.29, 1.82) is 0 Å². The number of pyridine rings is 1. The number of hydrogen-bond donors (Lipinski definition) is 1. The zero-order valence-corrected chi connectivity index (χ0v) is 11.5. The normalized spacial score (nSPS) is 10.6. The fourth-order valence-corrected chi connectivity index (χ4v) is 2.12. The van der Waals surface area contributed by atoms with Gasteiger partial charge in [-0.25, -0.2) is 0 Å². The van der Waals surface area contributed by atoms with Crippen LogP contribution in [0.25, 0.3) is 0 Å². The number of rotatable bonds is 3. The van der Waals surface area contributed by atoms with Crippen LogP contribution in [0.4, 0.5) is 0 Å². The zero-order chi connectivity index (χ0) is 13.1. The van der Waals surface area contributed by atoms with Crippen LogP contribution in [0.15, 0.2) is 36.5 Å². The van der Waals surface area contributed by atoms with Crippen LogP contribution in [0, 0.1) is 18.4 Å². The molecule has 2 rings (SSSR count). The smallest absolute Gasteiger partial charge is 0.152 e. The van der Waals surface area contributed by atoms with Gasteiger partial charge in [-0.3, -0.25) is 0 Å². The molecule has 0 spiro atoms. The third-order valence-electron chi connectivity index (χ3n) is 3.17. The summed E-state index contributed by atoms with van der Waals surface area (Å²) < 4.78 is 2.55. The maximum atomic E-state index is 9.80. The fraction of sp³-hybridized carbons (Fsp3) is 0.267. The Hall–Kier alpha value is -1.61. The van der Waals surface area contributed by atoms with E-state index in [4.69, 9.17) is 12.2 Å². The van der Waals surface area contributed by atoms with Crippen LogP contribution in [0.3, 0.4) is 0 Å². The Balaban J connectivity index is 2.13. The van der Waals surface area contributed by atoms with Crippen molar-refractivity contribution in [3.8, 4) is 5.75 Å². The molecule has 0 aliphatic carbocycles. The molecule has 3 heteroatoms. The van der Waals surface area contributed by atoms with Gasteiger partial charge in [-0.05, 0) is 31.9 Å². The van der Waals surface area contributed by atoms with Gasteiger partial charge in [0.05, 0.1) is 10.2 Å². The highest BCUT2D eigenvalue weighted by Crippen LogP contribution is 2.17. The number of aryl methyl sites for hydroxylation is 3. The standard InChI is InChI=1S/C15H17NOS/c1-11-3-5-13(6-4-11)7-9-16-10-8-14(18)15(17)12(16)2/h3-6,8,10,17H,7,9H2,1-2H3. The van der Waals surface area contributed by atoms with Gasteiger partial charge in [-0.2, -0.15) is 0 Å². The number of benzene rings is 1. The topological polar surface area (TPSA) is 25.2 Å². The predicted octanol–water partition coefficient (Wildman–Crippen LogP) is 3.78. The highest BCUT2D eigenvalue weighted by atomic mass is 32.1. The van der Waals surface area contributed by atoms with Crippen molar-refractivity contribution in [1.82, 2.24) is 4.57 Å². The zero-order valence-electron chi connectivity index (χ0n) is 10.7. The summed E-state index contributed by atoms with van der Waals surface area (Å²) in [6.07, 6.45) is 2.88. The average Bonchev–Trinajstić information content (AvgIpc) is 2.37. The summed E-state index contributed by atoms with van der Waals surface area (Å²) in [5.41, 5.74) is 3.40. The van der Waals surface area contributed by atoms with E-state index < -0.39 is 0 Å². The molecule has 1 aromatic heterocycles. The van der Waals surface area contributed by atoms with Crippen molar-refractivity contribution in [2.75, 3.05) is 0 Å². The minimum absolute atomic E-state index is 0.219. The van der Waals surface area contributed by atoms with Crippen molar-refractivity contribution >= 4 is 12.2 Å². The lowest BCUT2D eigenvalue weighted by atomic mass is 10.1. The summed E-state index contributed by atoms with van der Waals surface area (Å²) in [5.74, 6) is 0.219. The molecule has 94 valence electrons. The summed E-state index contributed by atoms with van der Waals surface area (Å²) >= 11 is 5.03. The highest BCUT2D eigenvalue weighted by molar-refractivity contribution is 7.71. The van der Waals surface area contributed by atoms with E-state index in [2.05, 4.69) is 31.2 Å². The van der Waals surface area contributed by atoms with Gasteiger partial charge in [-0.1, -0.05) is 42.0 Å². The van der Waals surface area contributed by atoms with Gasteiger partial charge in [0.2, 0.25) is 0 Å². The minimum Gasteiger partial charge on any atom is -0.505 e. The lowest BCUT2D eigenvalue weighted by Crippen LogP contribution is -2.05. The van der Waals surface area contributed by atoms with Crippen LogP contribution >= 0.6 is 12.2 Å². The lowest BCUT2D eigenvalue weighted by Gasteiger charge is -2.12. The maximum Gasteiger partial charge on any atom is 0.152 e. The molecule has 0 aliphatic heterocycles. The van der Waals surface area contributed by atoms with E-state index in [-0.39, 0.29) is 5.75 Å². The Labute approximate surface area is 113 Å². The van der Waals surface area contributed by atoms with Crippen molar-refractivity contribution < 1.29 is 5.11 Å². The largest absolute Gasteiger partial charge is 0.505 e. The van der Waals surface area contributed by atoms with Gasteiger partial charge in [0.1, 0.15) is 0 Å². The third-order valence-corrected chi connectivity index (χ3v) is 3.50. The molecule has 0 saturated heterocycles. The molecule has 1 N–H and O–H groups in total. The number of nitrogens with zero attached hydrogens (tertiary/aromatic N) is 1. The SMILES string of the molecule is Cc1ccc(CCn2ccc(=S)c(O)c2C)cc1. The first-order chi connectivity index (χ1) is 8.58. The molecule has 2 aromatic rings. The number of aromatic nitrogens is 1. The van der Waals surface area contributed by atoms with Crippen LogP contribution in [-0.2, 0) is 13.0 Å². The van der Waals surface area contributed by atoms with E-state index in [0.717, 1.165) is 18.7 Å². The molecule has 0 bridgehead atoms. The molecule has 0 aliphatic rings.